The normalized spacial score (nSPS) is 12.8. The summed E-state index contributed by atoms with van der Waals surface area (Å²) in [5.41, 5.74) is -1.01. The minimum absolute atomic E-state index is 0.0726. The molecular formula is C96H178N2O12. The molecule has 0 saturated carbocycles. The fraction of sp³-hybridized carbons (Fsp3) is 0.885. The lowest BCUT2D eigenvalue weighted by Crippen LogP contribution is -2.34. The highest BCUT2D eigenvalue weighted by Gasteiger charge is 2.26. The number of Topliss-reactive ketones (excluding diaryl/α,β-unsaturated/α-hetero) is 1. The van der Waals surface area contributed by atoms with Crippen LogP contribution in [0.25, 0.3) is 0 Å². The molecule has 1 rings (SSSR count). The van der Waals surface area contributed by atoms with Gasteiger partial charge >= 0.3 is 11.9 Å². The fourth-order valence-corrected chi connectivity index (χ4v) is 16.0. The molecule has 1 aromatic rings. The van der Waals surface area contributed by atoms with Crippen LogP contribution >= 0.6 is 0 Å². The van der Waals surface area contributed by atoms with Crippen molar-refractivity contribution in [2.75, 3.05) is 73.1 Å². The Morgan fingerprint density at radius 1 is 0.318 bits per heavy atom. The van der Waals surface area contributed by atoms with E-state index in [0.717, 1.165) is 114 Å². The highest BCUT2D eigenvalue weighted by molar-refractivity contribution is 6.01. The van der Waals surface area contributed by atoms with Gasteiger partial charge < -0.3 is 44.2 Å². The van der Waals surface area contributed by atoms with Crippen molar-refractivity contribution in [3.63, 3.8) is 0 Å². The average Bonchev–Trinajstić information content (AvgIpc) is 0.851. The van der Waals surface area contributed by atoms with Gasteiger partial charge in [-0.25, -0.2) is 0 Å². The number of methoxy groups -OCH3 is 1. The zero-order valence-corrected chi connectivity index (χ0v) is 73.2. The van der Waals surface area contributed by atoms with E-state index < -0.39 is 5.60 Å². The van der Waals surface area contributed by atoms with Crippen LogP contribution in [0.3, 0.4) is 0 Å². The smallest absolute Gasteiger partial charge is 0.305 e. The zero-order chi connectivity index (χ0) is 80.0. The number of carbonyl (C=O) groups excluding carboxylic acids is 5. The first-order valence-corrected chi connectivity index (χ1v) is 47.3. The van der Waals surface area contributed by atoms with Crippen LogP contribution in [0.2, 0.25) is 0 Å². The number of rotatable bonds is 87. The van der Waals surface area contributed by atoms with Crippen LogP contribution in [0.5, 0.6) is 5.75 Å². The molecule has 4 unspecified atom stereocenters. The molecule has 0 heterocycles. The first kappa shape index (κ1) is 104. The molecule has 1 aromatic carbocycles. The van der Waals surface area contributed by atoms with Gasteiger partial charge in [0, 0.05) is 90.9 Å². The third-order valence-electron chi connectivity index (χ3n) is 22.9. The summed E-state index contributed by atoms with van der Waals surface area (Å²) < 4.78 is 32.9. The number of ketones is 1. The quantitative estimate of drug-likeness (QED) is 0.0319. The molecule has 0 aromatic heterocycles. The number of aliphatic hydroxyl groups is 1. The Hall–Kier alpha value is -3.59. The summed E-state index contributed by atoms with van der Waals surface area (Å²) in [7, 11) is 1.71. The van der Waals surface area contributed by atoms with Gasteiger partial charge in [0.2, 0.25) is 11.8 Å². The highest BCUT2D eigenvalue weighted by Crippen LogP contribution is 2.36. The van der Waals surface area contributed by atoms with Crippen molar-refractivity contribution in [1.82, 2.24) is 10.6 Å². The van der Waals surface area contributed by atoms with E-state index in [1.54, 1.807) is 31.4 Å². The minimum atomic E-state index is -1.43. The molecule has 14 nitrogen and oxygen atoms in total. The molecule has 0 fully saturated rings. The molecule has 0 bridgehead atoms. The number of nitrogens with one attached hydrogen (secondary N) is 2. The number of esters is 2. The van der Waals surface area contributed by atoms with Crippen molar-refractivity contribution in [1.29, 1.82) is 0 Å². The van der Waals surface area contributed by atoms with Gasteiger partial charge in [-0.15, -0.1) is 0 Å². The molecule has 0 saturated heterocycles. The molecule has 4 atom stereocenters. The molecule has 0 radical (unpaired) electrons. The van der Waals surface area contributed by atoms with E-state index in [-0.39, 0.29) is 42.7 Å². The Balaban J connectivity index is 2.45. The van der Waals surface area contributed by atoms with E-state index in [0.29, 0.717) is 76.5 Å². The maximum absolute atomic E-state index is 12.8. The van der Waals surface area contributed by atoms with Crippen molar-refractivity contribution in [3.05, 3.63) is 29.8 Å². The third-order valence-corrected chi connectivity index (χ3v) is 22.9. The van der Waals surface area contributed by atoms with E-state index in [1.807, 2.05) is 0 Å². The van der Waals surface area contributed by atoms with E-state index in [9.17, 15) is 29.1 Å². The third kappa shape index (κ3) is 67.7. The van der Waals surface area contributed by atoms with Gasteiger partial charge in [0.05, 0.1) is 6.61 Å². The summed E-state index contributed by atoms with van der Waals surface area (Å²) >= 11 is 0. The summed E-state index contributed by atoms with van der Waals surface area (Å²) in [6, 6.07) is 6.66. The lowest BCUT2D eigenvalue weighted by Gasteiger charge is -2.28. The summed E-state index contributed by atoms with van der Waals surface area (Å²) in [5, 5.41) is 16.1. The SMILES string of the molecule is CCCCCCCCC(CCCCCCCCC(=O)NCCNC(=O)CCCCCCCCC(CCCCCCCC)C(CCCCCCCC)CCCCCCCCC(=O)OCCOc1ccc(C(=O)C(C)(C)O)cc1)C(CCCCCCCC)CCCCCCCCC(=O)OCCCOCCCOCCCOC. The second-order valence-corrected chi connectivity index (χ2v) is 33.6. The van der Waals surface area contributed by atoms with Gasteiger partial charge in [-0.1, -0.05) is 362 Å². The van der Waals surface area contributed by atoms with Crippen LogP contribution < -0.4 is 15.4 Å². The Morgan fingerprint density at radius 2 is 0.582 bits per heavy atom. The van der Waals surface area contributed by atoms with Crippen molar-refractivity contribution >= 4 is 29.5 Å². The predicted molar refractivity (Wildman–Crippen MR) is 462 cm³/mol. The van der Waals surface area contributed by atoms with E-state index in [1.165, 1.54) is 316 Å². The maximum Gasteiger partial charge on any atom is 0.305 e. The monoisotopic (exact) mass is 1550 g/mol. The van der Waals surface area contributed by atoms with Crippen LogP contribution in [0.1, 0.15) is 456 Å². The molecule has 14 heteroatoms. The van der Waals surface area contributed by atoms with Crippen molar-refractivity contribution in [3.8, 4) is 5.75 Å². The molecule has 0 spiro atoms. The first-order chi connectivity index (χ1) is 53.8. The molecule has 644 valence electrons. The second-order valence-electron chi connectivity index (χ2n) is 33.6. The topological polar surface area (TPSA) is 185 Å². The number of benzene rings is 1. The zero-order valence-electron chi connectivity index (χ0n) is 73.2. The number of carbonyl (C=O) groups is 5. The summed E-state index contributed by atoms with van der Waals surface area (Å²) in [6.45, 7) is 17.5. The Bertz CT molecular complexity index is 2190. The molecular weight excluding hydrogens is 1370 g/mol. The van der Waals surface area contributed by atoms with Gasteiger partial charge in [0.1, 0.15) is 24.6 Å². The van der Waals surface area contributed by atoms with Gasteiger partial charge in [0.15, 0.2) is 5.78 Å². The van der Waals surface area contributed by atoms with Crippen molar-refractivity contribution < 1.29 is 57.5 Å². The van der Waals surface area contributed by atoms with E-state index in [4.69, 9.17) is 28.4 Å². The molecule has 0 aliphatic carbocycles. The fourth-order valence-electron chi connectivity index (χ4n) is 16.0. The summed E-state index contributed by atoms with van der Waals surface area (Å²) in [6.07, 6.45) is 76.5. The Morgan fingerprint density at radius 3 is 0.882 bits per heavy atom. The highest BCUT2D eigenvalue weighted by atomic mass is 16.6. The largest absolute Gasteiger partial charge is 0.490 e. The molecule has 0 aliphatic rings. The summed E-state index contributed by atoms with van der Waals surface area (Å²) in [5.74, 6) is 3.53. The van der Waals surface area contributed by atoms with Gasteiger partial charge in [-0.3, -0.25) is 24.0 Å². The predicted octanol–water partition coefficient (Wildman–Crippen LogP) is 26.1. The standard InChI is InChI=1S/C96H178N2O12/c1-8-12-16-20-32-44-59-85(87(61-46-34-22-18-14-10-3)65-50-38-26-30-42-54-69-93(101)109-82-58-81-107-80-57-79-106-78-56-77-105-7)63-48-36-24-28-40-52-67-91(99)97-75-76-98-92(100)68-53-41-29-25-37-49-64-86(60-45-33-21-17-13-9-2)88(62-47-35-23-19-15-11-4)66-51-39-27-31-43-55-70-94(102)110-84-83-108-90-73-71-89(72-74-90)95(103)96(5,6)104/h71-74,85-88,104H,8-70,75-84H2,1-7H3,(H,97,99)(H,98,100). The maximum atomic E-state index is 12.8. The van der Waals surface area contributed by atoms with Crippen LogP contribution in [-0.4, -0.2) is 113 Å². The number of hydrogen-bond donors (Lipinski definition) is 3. The second kappa shape index (κ2) is 79.3. The molecule has 3 N–H and O–H groups in total. The minimum Gasteiger partial charge on any atom is -0.490 e. The van der Waals surface area contributed by atoms with Crippen LogP contribution in [0.15, 0.2) is 24.3 Å². The lowest BCUT2D eigenvalue weighted by atomic mass is 9.78. The molecule has 110 heavy (non-hydrogen) atoms. The molecule has 2 amide bonds. The Kier molecular flexibility index (Phi) is 75.2. The van der Waals surface area contributed by atoms with Crippen LogP contribution in [0, 0.1) is 23.7 Å². The Labute approximate surface area is 678 Å². The number of unbranched alkanes of at least 4 members (excludes halogenated alkanes) is 40. The number of hydrogen-bond acceptors (Lipinski definition) is 12. The van der Waals surface area contributed by atoms with Gasteiger partial charge in [0.25, 0.3) is 0 Å². The van der Waals surface area contributed by atoms with Crippen molar-refractivity contribution in [2.24, 2.45) is 23.7 Å². The van der Waals surface area contributed by atoms with E-state index in [2.05, 4.69) is 38.3 Å². The van der Waals surface area contributed by atoms with Crippen LogP contribution in [-0.2, 0) is 42.9 Å². The van der Waals surface area contributed by atoms with Crippen LogP contribution in [0.4, 0.5) is 0 Å². The van der Waals surface area contributed by atoms with E-state index >= 15 is 0 Å². The number of amides is 2. The first-order valence-electron chi connectivity index (χ1n) is 47.3. The lowest BCUT2D eigenvalue weighted by molar-refractivity contribution is -0.145. The van der Waals surface area contributed by atoms with Gasteiger partial charge in [-0.05, 0) is 100 Å². The summed E-state index contributed by atoms with van der Waals surface area (Å²) in [4.78, 5) is 62.8. The average molecular weight is 1550 g/mol. The van der Waals surface area contributed by atoms with Crippen molar-refractivity contribution in [2.45, 2.75) is 452 Å². The molecule has 0 aliphatic heterocycles. The van der Waals surface area contributed by atoms with Gasteiger partial charge in [-0.2, -0.15) is 0 Å². The number of ether oxygens (including phenoxy) is 6.